The van der Waals surface area contributed by atoms with Crippen molar-refractivity contribution in [2.75, 3.05) is 5.32 Å². The van der Waals surface area contributed by atoms with E-state index >= 15 is 0 Å². The van der Waals surface area contributed by atoms with Gasteiger partial charge in [0.15, 0.2) is 0 Å². The van der Waals surface area contributed by atoms with Crippen molar-refractivity contribution in [2.24, 2.45) is 0 Å². The number of carbonyl (C=O) groups excluding carboxylic acids is 1. The molecule has 0 aliphatic heterocycles. The number of hydrogen-bond acceptors (Lipinski definition) is 4. The van der Waals surface area contributed by atoms with Crippen LogP contribution in [0.4, 0.5) is 5.69 Å². The van der Waals surface area contributed by atoms with Crippen molar-refractivity contribution in [2.45, 2.75) is 10.6 Å². The fraction of sp³-hybridized carbons (Fsp3) is 0.0455. The number of anilines is 1. The Morgan fingerprint density at radius 3 is 2.64 bits per heavy atom. The molecule has 0 unspecified atom stereocenters. The molecule has 138 valence electrons. The van der Waals surface area contributed by atoms with E-state index in [0.717, 1.165) is 16.2 Å². The molecular weight excluding hydrogens is 370 g/mol. The third kappa shape index (κ3) is 3.97. The van der Waals surface area contributed by atoms with E-state index in [1.807, 2.05) is 48.7 Å². The van der Waals surface area contributed by atoms with E-state index in [2.05, 4.69) is 15.3 Å². The monoisotopic (exact) mass is 387 g/mol. The molecule has 0 aliphatic rings. The zero-order chi connectivity index (χ0) is 19.3. The van der Waals surface area contributed by atoms with E-state index in [4.69, 9.17) is 0 Å². The maximum absolute atomic E-state index is 12.5. The van der Waals surface area contributed by atoms with E-state index < -0.39 is 5.91 Å². The molecule has 0 saturated heterocycles. The van der Waals surface area contributed by atoms with Crippen molar-refractivity contribution >= 4 is 34.3 Å². The molecule has 28 heavy (non-hydrogen) atoms. The van der Waals surface area contributed by atoms with Gasteiger partial charge in [0, 0.05) is 45.8 Å². The summed E-state index contributed by atoms with van der Waals surface area (Å²) in [6.07, 6.45) is 5.06. The second kappa shape index (κ2) is 8.10. The normalized spacial score (nSPS) is 10.7. The number of rotatable bonds is 5. The number of fused-ring (bicyclic) bond motifs is 1. The summed E-state index contributed by atoms with van der Waals surface area (Å²) in [6, 6.07) is 18.6. The van der Waals surface area contributed by atoms with Gasteiger partial charge in [-0.3, -0.25) is 14.6 Å². The number of carbonyl (C=O) groups is 1. The predicted molar refractivity (Wildman–Crippen MR) is 113 cm³/mol. The average molecular weight is 387 g/mol. The van der Waals surface area contributed by atoms with Gasteiger partial charge in [-0.2, -0.15) is 0 Å². The SMILES string of the molecule is O=C(Nc1ccc(SCc2cccnc2)cc1)c1c[nH]c2ccccc2c1=O. The Morgan fingerprint density at radius 2 is 1.86 bits per heavy atom. The molecule has 0 atom stereocenters. The summed E-state index contributed by atoms with van der Waals surface area (Å²) in [5, 5.41) is 3.28. The number of thioether (sulfide) groups is 1. The van der Waals surface area contributed by atoms with E-state index in [9.17, 15) is 9.59 Å². The Balaban J connectivity index is 1.45. The van der Waals surface area contributed by atoms with E-state index in [1.54, 1.807) is 36.2 Å². The first-order valence-corrected chi connectivity index (χ1v) is 9.73. The zero-order valence-electron chi connectivity index (χ0n) is 14.9. The Kier molecular flexibility index (Phi) is 5.21. The molecule has 6 heteroatoms. The van der Waals surface area contributed by atoms with E-state index in [-0.39, 0.29) is 11.0 Å². The van der Waals surface area contributed by atoms with Crippen molar-refractivity contribution in [3.63, 3.8) is 0 Å². The van der Waals surface area contributed by atoms with Crippen LogP contribution in [-0.2, 0) is 5.75 Å². The molecule has 0 saturated carbocycles. The number of pyridine rings is 2. The highest BCUT2D eigenvalue weighted by Gasteiger charge is 2.13. The van der Waals surface area contributed by atoms with Crippen LogP contribution in [0.2, 0.25) is 0 Å². The van der Waals surface area contributed by atoms with Crippen LogP contribution in [0.15, 0.2) is 88.9 Å². The first kappa shape index (κ1) is 18.0. The van der Waals surface area contributed by atoms with Gasteiger partial charge in [-0.15, -0.1) is 11.8 Å². The van der Waals surface area contributed by atoms with Crippen molar-refractivity contribution in [1.29, 1.82) is 0 Å². The molecule has 2 N–H and O–H groups in total. The topological polar surface area (TPSA) is 74.8 Å². The molecule has 2 aromatic carbocycles. The van der Waals surface area contributed by atoms with Gasteiger partial charge in [0.05, 0.1) is 0 Å². The maximum Gasteiger partial charge on any atom is 0.261 e. The second-order valence-electron chi connectivity index (χ2n) is 6.21. The van der Waals surface area contributed by atoms with Gasteiger partial charge < -0.3 is 10.3 Å². The third-order valence-electron chi connectivity index (χ3n) is 4.27. The summed E-state index contributed by atoms with van der Waals surface area (Å²) < 4.78 is 0. The number of hydrogen-bond donors (Lipinski definition) is 2. The van der Waals surface area contributed by atoms with Crippen LogP contribution in [0.25, 0.3) is 10.9 Å². The van der Waals surface area contributed by atoms with Gasteiger partial charge in [0.2, 0.25) is 5.43 Å². The molecule has 5 nitrogen and oxygen atoms in total. The van der Waals surface area contributed by atoms with E-state index in [0.29, 0.717) is 16.6 Å². The maximum atomic E-state index is 12.5. The highest BCUT2D eigenvalue weighted by molar-refractivity contribution is 7.98. The summed E-state index contributed by atoms with van der Waals surface area (Å²) in [5.41, 5.74) is 2.31. The lowest BCUT2D eigenvalue weighted by atomic mass is 10.1. The minimum Gasteiger partial charge on any atom is -0.360 e. The number of benzene rings is 2. The van der Waals surface area contributed by atoms with Crippen LogP contribution in [-0.4, -0.2) is 15.9 Å². The van der Waals surface area contributed by atoms with Crippen LogP contribution < -0.4 is 10.7 Å². The summed E-state index contributed by atoms with van der Waals surface area (Å²) in [6.45, 7) is 0. The highest BCUT2D eigenvalue weighted by atomic mass is 32.2. The van der Waals surface area contributed by atoms with Crippen LogP contribution in [0.5, 0.6) is 0 Å². The summed E-state index contributed by atoms with van der Waals surface area (Å²) >= 11 is 1.69. The quantitative estimate of drug-likeness (QED) is 0.496. The van der Waals surface area contributed by atoms with Crippen molar-refractivity contribution in [1.82, 2.24) is 9.97 Å². The summed E-state index contributed by atoms with van der Waals surface area (Å²) in [4.78, 5) is 33.3. The van der Waals surface area contributed by atoms with E-state index in [1.165, 1.54) is 6.20 Å². The van der Waals surface area contributed by atoms with Gasteiger partial charge in [-0.1, -0.05) is 18.2 Å². The average Bonchev–Trinajstić information content (AvgIpc) is 2.74. The Labute approximate surface area is 165 Å². The van der Waals surface area contributed by atoms with Crippen LogP contribution >= 0.6 is 11.8 Å². The number of aromatic nitrogens is 2. The second-order valence-corrected chi connectivity index (χ2v) is 7.25. The highest BCUT2D eigenvalue weighted by Crippen LogP contribution is 2.24. The molecule has 2 aromatic heterocycles. The smallest absolute Gasteiger partial charge is 0.261 e. The van der Waals surface area contributed by atoms with Gasteiger partial charge in [-0.25, -0.2) is 0 Å². The molecule has 0 spiro atoms. The first-order valence-electron chi connectivity index (χ1n) is 8.74. The molecular formula is C22H17N3O2S. The fourth-order valence-corrected chi connectivity index (χ4v) is 3.65. The van der Waals surface area contributed by atoms with Gasteiger partial charge >= 0.3 is 0 Å². The third-order valence-corrected chi connectivity index (χ3v) is 5.36. The van der Waals surface area contributed by atoms with Gasteiger partial charge in [0.25, 0.3) is 5.91 Å². The minimum absolute atomic E-state index is 0.0914. The number of nitrogens with one attached hydrogen (secondary N) is 2. The molecule has 0 radical (unpaired) electrons. The lowest BCUT2D eigenvalue weighted by Gasteiger charge is -2.07. The molecule has 0 aliphatic carbocycles. The lowest BCUT2D eigenvalue weighted by molar-refractivity contribution is 0.102. The minimum atomic E-state index is -0.428. The Morgan fingerprint density at radius 1 is 1.04 bits per heavy atom. The number of amides is 1. The first-order chi connectivity index (χ1) is 13.7. The number of aromatic amines is 1. The van der Waals surface area contributed by atoms with Crippen molar-refractivity contribution < 1.29 is 4.79 Å². The molecule has 4 aromatic rings. The Hall–Kier alpha value is -3.38. The summed E-state index contributed by atoms with van der Waals surface area (Å²) in [7, 11) is 0. The standard InChI is InChI=1S/C22H17N3O2S/c26-21-18-5-1-2-6-20(18)24-13-19(21)22(27)25-16-7-9-17(10-8-16)28-14-15-4-3-11-23-12-15/h1-13H,14H2,(H,24,26)(H,25,27). The molecule has 1 amide bonds. The summed E-state index contributed by atoms with van der Waals surface area (Å²) in [5.74, 6) is 0.397. The number of H-pyrrole nitrogens is 1. The van der Waals surface area contributed by atoms with Gasteiger partial charge in [0.1, 0.15) is 5.56 Å². The van der Waals surface area contributed by atoms with Crippen LogP contribution in [0.1, 0.15) is 15.9 Å². The van der Waals surface area contributed by atoms with Crippen molar-refractivity contribution in [3.8, 4) is 0 Å². The number of nitrogens with zero attached hydrogens (tertiary/aromatic N) is 1. The Bertz CT molecular complexity index is 1170. The predicted octanol–water partition coefficient (Wildman–Crippen LogP) is 4.47. The molecule has 0 bridgehead atoms. The van der Waals surface area contributed by atoms with Crippen LogP contribution in [0, 0.1) is 0 Å². The number of para-hydroxylation sites is 1. The molecule has 4 rings (SSSR count). The fourth-order valence-electron chi connectivity index (χ4n) is 2.82. The molecule has 2 heterocycles. The molecule has 0 fully saturated rings. The lowest BCUT2D eigenvalue weighted by Crippen LogP contribution is -2.21. The van der Waals surface area contributed by atoms with Gasteiger partial charge in [-0.05, 0) is 48.0 Å². The largest absolute Gasteiger partial charge is 0.360 e. The van der Waals surface area contributed by atoms with Crippen molar-refractivity contribution in [3.05, 3.63) is 101 Å². The zero-order valence-corrected chi connectivity index (χ0v) is 15.7. The van der Waals surface area contributed by atoms with Crippen LogP contribution in [0.3, 0.4) is 0 Å².